The minimum atomic E-state index is -0.273. The van der Waals surface area contributed by atoms with Gasteiger partial charge in [0.15, 0.2) is 0 Å². The van der Waals surface area contributed by atoms with Crippen molar-refractivity contribution >= 4 is 5.91 Å². The molecule has 0 bridgehead atoms. The maximum atomic E-state index is 11.6. The molecule has 0 aliphatic carbocycles. The van der Waals surface area contributed by atoms with Crippen molar-refractivity contribution in [2.75, 3.05) is 6.61 Å². The van der Waals surface area contributed by atoms with Gasteiger partial charge in [-0.05, 0) is 40.0 Å². The Hall–Kier alpha value is -0.610. The van der Waals surface area contributed by atoms with Crippen molar-refractivity contribution in [3.8, 4) is 0 Å². The van der Waals surface area contributed by atoms with E-state index >= 15 is 0 Å². The predicted octanol–water partition coefficient (Wildman–Crippen LogP) is 1.19. The van der Waals surface area contributed by atoms with Crippen LogP contribution in [-0.2, 0) is 9.53 Å². The van der Waals surface area contributed by atoms with Crippen molar-refractivity contribution in [3.05, 3.63) is 0 Å². The zero-order chi connectivity index (χ0) is 12.2. The second-order valence-corrected chi connectivity index (χ2v) is 5.40. The van der Waals surface area contributed by atoms with Crippen LogP contribution in [0.5, 0.6) is 0 Å². The van der Waals surface area contributed by atoms with Gasteiger partial charge in [-0.2, -0.15) is 0 Å². The number of ether oxygens (including phenoxy) is 1. The van der Waals surface area contributed by atoms with Crippen LogP contribution < -0.4 is 11.1 Å². The summed E-state index contributed by atoms with van der Waals surface area (Å²) >= 11 is 0. The number of hydrogen-bond acceptors (Lipinski definition) is 3. The van der Waals surface area contributed by atoms with Gasteiger partial charge in [0.2, 0.25) is 5.91 Å². The molecule has 0 aromatic heterocycles. The third kappa shape index (κ3) is 4.94. The Morgan fingerprint density at radius 1 is 1.62 bits per heavy atom. The summed E-state index contributed by atoms with van der Waals surface area (Å²) in [5.41, 5.74) is 5.56. The molecular weight excluding hydrogens is 204 g/mol. The highest BCUT2D eigenvalue weighted by Gasteiger charge is 2.23. The highest BCUT2D eigenvalue weighted by molar-refractivity contribution is 5.76. The van der Waals surface area contributed by atoms with Crippen LogP contribution in [0.15, 0.2) is 0 Å². The summed E-state index contributed by atoms with van der Waals surface area (Å²) in [6, 6.07) is 0.107. The van der Waals surface area contributed by atoms with Crippen LogP contribution in [0.3, 0.4) is 0 Å². The molecule has 0 radical (unpaired) electrons. The molecule has 16 heavy (non-hydrogen) atoms. The lowest BCUT2D eigenvalue weighted by Crippen LogP contribution is -2.42. The fourth-order valence-electron chi connectivity index (χ4n) is 1.85. The van der Waals surface area contributed by atoms with E-state index in [2.05, 4.69) is 5.32 Å². The molecule has 2 unspecified atom stereocenters. The van der Waals surface area contributed by atoms with Gasteiger partial charge in [-0.3, -0.25) is 4.79 Å². The zero-order valence-corrected chi connectivity index (χ0v) is 10.6. The fraction of sp³-hybridized carbons (Fsp3) is 0.917. The monoisotopic (exact) mass is 228 g/mol. The van der Waals surface area contributed by atoms with Crippen LogP contribution in [0, 0.1) is 0 Å². The SMILES string of the molecule is CC(NC(=O)CCC(C)(C)N)C1CCCO1. The molecule has 1 amide bonds. The van der Waals surface area contributed by atoms with E-state index in [1.165, 1.54) is 0 Å². The van der Waals surface area contributed by atoms with Gasteiger partial charge in [0, 0.05) is 18.6 Å². The molecule has 2 atom stereocenters. The van der Waals surface area contributed by atoms with Crippen LogP contribution in [-0.4, -0.2) is 30.2 Å². The largest absolute Gasteiger partial charge is 0.376 e. The molecule has 1 aliphatic rings. The van der Waals surface area contributed by atoms with Gasteiger partial charge in [-0.15, -0.1) is 0 Å². The van der Waals surface area contributed by atoms with E-state index < -0.39 is 0 Å². The summed E-state index contributed by atoms with van der Waals surface area (Å²) in [6.07, 6.45) is 3.53. The number of amides is 1. The smallest absolute Gasteiger partial charge is 0.220 e. The molecule has 0 aromatic carbocycles. The summed E-state index contributed by atoms with van der Waals surface area (Å²) in [5.74, 6) is 0.0709. The Balaban J connectivity index is 2.22. The molecule has 4 nitrogen and oxygen atoms in total. The van der Waals surface area contributed by atoms with Crippen molar-refractivity contribution in [3.63, 3.8) is 0 Å². The van der Waals surface area contributed by atoms with Crippen molar-refractivity contribution in [2.24, 2.45) is 5.73 Å². The Bertz CT molecular complexity index is 230. The van der Waals surface area contributed by atoms with E-state index in [1.807, 2.05) is 20.8 Å². The second-order valence-electron chi connectivity index (χ2n) is 5.40. The standard InChI is InChI=1S/C12H24N2O2/c1-9(10-5-4-8-16-10)14-11(15)6-7-12(2,3)13/h9-10H,4-8,13H2,1-3H3,(H,14,15). The normalized spacial score (nSPS) is 23.1. The van der Waals surface area contributed by atoms with E-state index in [-0.39, 0.29) is 23.6 Å². The third-order valence-corrected chi connectivity index (χ3v) is 2.91. The van der Waals surface area contributed by atoms with Crippen molar-refractivity contribution in [2.45, 2.75) is 64.1 Å². The second kappa shape index (κ2) is 5.64. The summed E-state index contributed by atoms with van der Waals surface area (Å²) in [6.45, 7) is 6.69. The molecule has 1 saturated heterocycles. The number of carbonyl (C=O) groups is 1. The van der Waals surface area contributed by atoms with Crippen molar-refractivity contribution in [1.29, 1.82) is 0 Å². The average Bonchev–Trinajstić information content (AvgIpc) is 2.66. The predicted molar refractivity (Wildman–Crippen MR) is 64.1 cm³/mol. The first-order valence-electron chi connectivity index (χ1n) is 6.08. The molecular formula is C12H24N2O2. The van der Waals surface area contributed by atoms with Crippen molar-refractivity contribution in [1.82, 2.24) is 5.32 Å². The first-order valence-corrected chi connectivity index (χ1v) is 6.08. The highest BCUT2D eigenvalue weighted by atomic mass is 16.5. The molecule has 0 spiro atoms. The van der Waals surface area contributed by atoms with Crippen molar-refractivity contribution < 1.29 is 9.53 Å². The van der Waals surface area contributed by atoms with Crippen LogP contribution in [0.4, 0.5) is 0 Å². The third-order valence-electron chi connectivity index (χ3n) is 2.91. The maximum Gasteiger partial charge on any atom is 0.220 e. The van der Waals surface area contributed by atoms with Gasteiger partial charge in [0.05, 0.1) is 12.1 Å². The van der Waals surface area contributed by atoms with Crippen LogP contribution >= 0.6 is 0 Å². The number of rotatable bonds is 5. The molecule has 1 heterocycles. The quantitative estimate of drug-likeness (QED) is 0.743. The minimum Gasteiger partial charge on any atom is -0.376 e. The molecule has 1 rings (SSSR count). The molecule has 1 fully saturated rings. The molecule has 4 heteroatoms. The van der Waals surface area contributed by atoms with E-state index in [0.29, 0.717) is 12.8 Å². The van der Waals surface area contributed by atoms with Gasteiger partial charge in [0.25, 0.3) is 0 Å². The summed E-state index contributed by atoms with van der Waals surface area (Å²) in [4.78, 5) is 11.6. The van der Waals surface area contributed by atoms with Crippen LogP contribution in [0.1, 0.15) is 46.5 Å². The first-order chi connectivity index (χ1) is 7.38. The van der Waals surface area contributed by atoms with E-state index in [9.17, 15) is 4.79 Å². The molecule has 0 saturated carbocycles. The summed E-state index contributed by atoms with van der Waals surface area (Å²) in [5, 5.41) is 2.97. The topological polar surface area (TPSA) is 64.4 Å². The number of nitrogens with one attached hydrogen (secondary N) is 1. The molecule has 3 N–H and O–H groups in total. The first kappa shape index (κ1) is 13.5. The summed E-state index contributed by atoms with van der Waals surface area (Å²) in [7, 11) is 0. The van der Waals surface area contributed by atoms with E-state index in [4.69, 9.17) is 10.5 Å². The maximum absolute atomic E-state index is 11.6. The molecule has 0 aromatic rings. The number of carbonyl (C=O) groups excluding carboxylic acids is 1. The van der Waals surface area contributed by atoms with Crippen LogP contribution in [0.25, 0.3) is 0 Å². The lowest BCUT2D eigenvalue weighted by molar-refractivity contribution is -0.122. The van der Waals surface area contributed by atoms with Crippen LogP contribution in [0.2, 0.25) is 0 Å². The lowest BCUT2D eigenvalue weighted by atomic mass is 9.99. The van der Waals surface area contributed by atoms with Gasteiger partial charge in [-0.25, -0.2) is 0 Å². The molecule has 94 valence electrons. The molecule has 1 aliphatic heterocycles. The van der Waals surface area contributed by atoms with Gasteiger partial charge >= 0.3 is 0 Å². The fourth-order valence-corrected chi connectivity index (χ4v) is 1.85. The van der Waals surface area contributed by atoms with Gasteiger partial charge in [0.1, 0.15) is 0 Å². The lowest BCUT2D eigenvalue weighted by Gasteiger charge is -2.22. The Morgan fingerprint density at radius 2 is 2.31 bits per heavy atom. The Labute approximate surface area is 97.9 Å². The average molecular weight is 228 g/mol. The highest BCUT2D eigenvalue weighted by Crippen LogP contribution is 2.15. The van der Waals surface area contributed by atoms with Gasteiger partial charge in [-0.1, -0.05) is 0 Å². The minimum absolute atomic E-state index is 0.0709. The van der Waals surface area contributed by atoms with Gasteiger partial charge < -0.3 is 15.8 Å². The number of nitrogens with two attached hydrogens (primary N) is 1. The Kier molecular flexibility index (Phi) is 4.74. The number of hydrogen-bond donors (Lipinski definition) is 2. The summed E-state index contributed by atoms with van der Waals surface area (Å²) < 4.78 is 5.52. The van der Waals surface area contributed by atoms with E-state index in [1.54, 1.807) is 0 Å². The Morgan fingerprint density at radius 3 is 2.81 bits per heavy atom. The zero-order valence-electron chi connectivity index (χ0n) is 10.6. The van der Waals surface area contributed by atoms with E-state index in [0.717, 1.165) is 19.4 Å².